The standard InChI is InChI=1S/C21H43NO2.Na/c1-4-7-9-11-13-15-17-22(20(6-3)19-21(23)24)18-16-14-12-10-8-5-2;/h20H,4-19H2,1-3H3,(H,23,24);/q;+1/p-1. The Morgan fingerprint density at radius 1 is 0.760 bits per heavy atom. The average Bonchev–Trinajstić information content (AvgIpc) is 2.57. The largest absolute Gasteiger partial charge is 1.00 e. The number of nitrogens with zero attached hydrogens (tertiary/aromatic N) is 1. The summed E-state index contributed by atoms with van der Waals surface area (Å²) in [6.07, 6.45) is 16.6. The first-order valence-corrected chi connectivity index (χ1v) is 10.6. The van der Waals surface area contributed by atoms with Crippen LogP contribution >= 0.6 is 0 Å². The summed E-state index contributed by atoms with van der Waals surface area (Å²) in [6.45, 7) is 8.69. The molecule has 0 radical (unpaired) electrons. The fraction of sp³-hybridized carbons (Fsp3) is 0.952. The van der Waals surface area contributed by atoms with Gasteiger partial charge in [0, 0.05) is 18.4 Å². The van der Waals surface area contributed by atoms with Gasteiger partial charge in [0.2, 0.25) is 0 Å². The van der Waals surface area contributed by atoms with Crippen molar-refractivity contribution in [2.75, 3.05) is 13.1 Å². The topological polar surface area (TPSA) is 43.4 Å². The van der Waals surface area contributed by atoms with Gasteiger partial charge in [-0.15, -0.1) is 0 Å². The first-order chi connectivity index (χ1) is 11.7. The van der Waals surface area contributed by atoms with Crippen molar-refractivity contribution in [2.24, 2.45) is 0 Å². The molecule has 0 N–H and O–H groups in total. The zero-order chi connectivity index (χ0) is 18.0. The van der Waals surface area contributed by atoms with Crippen LogP contribution in [0.25, 0.3) is 0 Å². The van der Waals surface area contributed by atoms with Gasteiger partial charge in [0.05, 0.1) is 0 Å². The molecule has 0 rings (SSSR count). The number of carboxylic acid groups (broad SMARTS) is 1. The Balaban J connectivity index is 0. The molecule has 144 valence electrons. The molecule has 0 fully saturated rings. The Hall–Kier alpha value is 0.430. The Labute approximate surface area is 179 Å². The van der Waals surface area contributed by atoms with Gasteiger partial charge in [-0.25, -0.2) is 0 Å². The van der Waals surface area contributed by atoms with E-state index in [1.54, 1.807) is 0 Å². The predicted molar refractivity (Wildman–Crippen MR) is 102 cm³/mol. The number of hydrogen-bond donors (Lipinski definition) is 0. The van der Waals surface area contributed by atoms with E-state index < -0.39 is 5.97 Å². The van der Waals surface area contributed by atoms with E-state index in [1.165, 1.54) is 77.0 Å². The number of rotatable bonds is 18. The van der Waals surface area contributed by atoms with Crippen LogP contribution < -0.4 is 34.7 Å². The Bertz CT molecular complexity index is 271. The number of carbonyl (C=O) groups excluding carboxylic acids is 1. The first-order valence-electron chi connectivity index (χ1n) is 10.6. The molecular weight excluding hydrogens is 321 g/mol. The first kappa shape index (κ1) is 27.6. The summed E-state index contributed by atoms with van der Waals surface area (Å²) < 4.78 is 0. The van der Waals surface area contributed by atoms with Gasteiger partial charge in [0.1, 0.15) is 0 Å². The van der Waals surface area contributed by atoms with Gasteiger partial charge in [-0.05, 0) is 32.4 Å². The minimum Gasteiger partial charge on any atom is -0.550 e. The third-order valence-electron chi connectivity index (χ3n) is 4.99. The van der Waals surface area contributed by atoms with Crippen molar-refractivity contribution in [2.45, 2.75) is 117 Å². The molecule has 1 atom stereocenters. The van der Waals surface area contributed by atoms with E-state index in [0.717, 1.165) is 19.5 Å². The molecule has 1 unspecified atom stereocenters. The molecular formula is C21H42NNaO2. The summed E-state index contributed by atoms with van der Waals surface area (Å²) in [5.74, 6) is -0.905. The van der Waals surface area contributed by atoms with Crippen molar-refractivity contribution in [3.8, 4) is 0 Å². The van der Waals surface area contributed by atoms with Crippen LogP contribution in [0.1, 0.15) is 111 Å². The van der Waals surface area contributed by atoms with Crippen molar-refractivity contribution in [3.05, 3.63) is 0 Å². The molecule has 0 aromatic carbocycles. The third kappa shape index (κ3) is 17.6. The third-order valence-corrected chi connectivity index (χ3v) is 4.99. The van der Waals surface area contributed by atoms with Crippen molar-refractivity contribution >= 4 is 5.97 Å². The molecule has 0 aromatic heterocycles. The molecule has 0 aliphatic carbocycles. The van der Waals surface area contributed by atoms with E-state index in [9.17, 15) is 9.90 Å². The molecule has 0 aliphatic heterocycles. The smallest absolute Gasteiger partial charge is 0.550 e. The fourth-order valence-electron chi connectivity index (χ4n) is 3.39. The quantitative estimate of drug-likeness (QED) is 0.276. The minimum atomic E-state index is -0.905. The van der Waals surface area contributed by atoms with Crippen LogP contribution in [0, 0.1) is 0 Å². The Kier molecular flexibility index (Phi) is 22.9. The number of unbranched alkanes of at least 4 members (excludes halogenated alkanes) is 10. The second-order valence-electron chi connectivity index (χ2n) is 7.21. The second kappa shape index (κ2) is 20.7. The van der Waals surface area contributed by atoms with E-state index in [1.807, 2.05) is 0 Å². The zero-order valence-corrected chi connectivity index (χ0v) is 19.7. The number of hydrogen-bond acceptors (Lipinski definition) is 3. The maximum atomic E-state index is 11.0. The van der Waals surface area contributed by atoms with Crippen molar-refractivity contribution in [1.82, 2.24) is 4.90 Å². The summed E-state index contributed by atoms with van der Waals surface area (Å²) in [7, 11) is 0. The Morgan fingerprint density at radius 2 is 1.16 bits per heavy atom. The van der Waals surface area contributed by atoms with Crippen LogP contribution in [0.3, 0.4) is 0 Å². The maximum Gasteiger partial charge on any atom is 1.00 e. The van der Waals surface area contributed by atoms with Gasteiger partial charge in [0.15, 0.2) is 0 Å². The van der Waals surface area contributed by atoms with Crippen molar-refractivity contribution < 1.29 is 39.5 Å². The molecule has 0 heterocycles. The van der Waals surface area contributed by atoms with Crippen LogP contribution in [0.5, 0.6) is 0 Å². The number of carbonyl (C=O) groups is 1. The summed E-state index contributed by atoms with van der Waals surface area (Å²) >= 11 is 0. The fourth-order valence-corrected chi connectivity index (χ4v) is 3.39. The summed E-state index contributed by atoms with van der Waals surface area (Å²) in [5.41, 5.74) is 0. The van der Waals surface area contributed by atoms with E-state index in [2.05, 4.69) is 25.7 Å². The van der Waals surface area contributed by atoms with Gasteiger partial charge in [-0.2, -0.15) is 0 Å². The monoisotopic (exact) mass is 363 g/mol. The Morgan fingerprint density at radius 3 is 1.52 bits per heavy atom. The number of carboxylic acids is 1. The summed E-state index contributed by atoms with van der Waals surface area (Å²) in [6, 6.07) is 0.154. The van der Waals surface area contributed by atoms with Gasteiger partial charge in [-0.3, -0.25) is 0 Å². The minimum absolute atomic E-state index is 0. The van der Waals surface area contributed by atoms with Gasteiger partial charge >= 0.3 is 29.6 Å². The molecule has 0 saturated carbocycles. The normalized spacial score (nSPS) is 12.2. The molecule has 0 saturated heterocycles. The van der Waals surface area contributed by atoms with E-state index in [0.29, 0.717) is 0 Å². The van der Waals surface area contributed by atoms with Gasteiger partial charge in [-0.1, -0.05) is 85.0 Å². The molecule has 25 heavy (non-hydrogen) atoms. The SMILES string of the molecule is CCCCCCCCN(CCCCCCCC)C(CC)CC(=O)[O-].[Na+]. The van der Waals surface area contributed by atoms with E-state index >= 15 is 0 Å². The molecule has 4 heteroatoms. The van der Waals surface area contributed by atoms with Crippen molar-refractivity contribution in [1.29, 1.82) is 0 Å². The van der Waals surface area contributed by atoms with Gasteiger partial charge < -0.3 is 14.8 Å². The maximum absolute atomic E-state index is 11.0. The van der Waals surface area contributed by atoms with E-state index in [-0.39, 0.29) is 42.0 Å². The van der Waals surface area contributed by atoms with Crippen LogP contribution in [0.2, 0.25) is 0 Å². The van der Waals surface area contributed by atoms with Crippen LogP contribution in [0.4, 0.5) is 0 Å². The average molecular weight is 364 g/mol. The zero-order valence-electron chi connectivity index (χ0n) is 17.7. The molecule has 0 bridgehead atoms. The molecule has 0 spiro atoms. The number of aliphatic carboxylic acids is 1. The van der Waals surface area contributed by atoms with Crippen LogP contribution in [0.15, 0.2) is 0 Å². The molecule has 3 nitrogen and oxygen atoms in total. The molecule has 0 aromatic rings. The van der Waals surface area contributed by atoms with E-state index in [4.69, 9.17) is 0 Å². The summed E-state index contributed by atoms with van der Waals surface area (Å²) in [4.78, 5) is 13.5. The van der Waals surface area contributed by atoms with Crippen molar-refractivity contribution in [3.63, 3.8) is 0 Å². The van der Waals surface area contributed by atoms with Crippen LogP contribution in [-0.2, 0) is 4.79 Å². The summed E-state index contributed by atoms with van der Waals surface area (Å²) in [5, 5.41) is 11.0. The molecule has 0 amide bonds. The predicted octanol–water partition coefficient (Wildman–Crippen LogP) is 1.93. The van der Waals surface area contributed by atoms with Crippen LogP contribution in [-0.4, -0.2) is 30.0 Å². The second-order valence-corrected chi connectivity index (χ2v) is 7.21. The van der Waals surface area contributed by atoms with Gasteiger partial charge in [0.25, 0.3) is 0 Å². The molecule has 0 aliphatic rings.